The molecule has 0 heterocycles. The highest BCUT2D eigenvalue weighted by molar-refractivity contribution is 4.68. The minimum absolute atomic E-state index is 0.175. The van der Waals surface area contributed by atoms with Gasteiger partial charge >= 0.3 is 0 Å². The van der Waals surface area contributed by atoms with Crippen molar-refractivity contribution in [1.29, 1.82) is 0 Å². The SMILES string of the molecule is CCC(C)(C)OOC(C)(CC)N=NC(C)C. The lowest BCUT2D eigenvalue weighted by molar-refractivity contribution is -0.404. The Labute approximate surface area is 99.4 Å². The first-order valence-corrected chi connectivity index (χ1v) is 6.03. The molecule has 0 amide bonds. The number of nitrogens with zero attached hydrogens (tertiary/aromatic N) is 2. The second kappa shape index (κ2) is 6.30. The van der Waals surface area contributed by atoms with E-state index in [4.69, 9.17) is 9.78 Å². The molecule has 0 aliphatic heterocycles. The molecule has 0 aliphatic rings. The monoisotopic (exact) mass is 230 g/mol. The average molecular weight is 230 g/mol. The van der Waals surface area contributed by atoms with Gasteiger partial charge in [0.05, 0.1) is 11.6 Å². The Morgan fingerprint density at radius 1 is 1.00 bits per heavy atom. The highest BCUT2D eigenvalue weighted by atomic mass is 17.2. The summed E-state index contributed by atoms with van der Waals surface area (Å²) in [4.78, 5) is 10.8. The molecule has 0 saturated carbocycles. The van der Waals surface area contributed by atoms with Crippen LogP contribution in [0.25, 0.3) is 0 Å². The Hall–Kier alpha value is -0.480. The molecule has 4 heteroatoms. The Morgan fingerprint density at radius 2 is 1.56 bits per heavy atom. The van der Waals surface area contributed by atoms with E-state index in [0.717, 1.165) is 12.8 Å². The lowest BCUT2D eigenvalue weighted by Gasteiger charge is -2.28. The topological polar surface area (TPSA) is 43.2 Å². The Bertz CT molecular complexity index is 227. The van der Waals surface area contributed by atoms with Gasteiger partial charge in [-0.3, -0.25) is 0 Å². The maximum absolute atomic E-state index is 5.42. The molecule has 1 atom stereocenters. The molecule has 16 heavy (non-hydrogen) atoms. The van der Waals surface area contributed by atoms with E-state index in [0.29, 0.717) is 0 Å². The fourth-order valence-corrected chi connectivity index (χ4v) is 0.645. The molecule has 0 aliphatic carbocycles. The van der Waals surface area contributed by atoms with Gasteiger partial charge in [0.15, 0.2) is 0 Å². The maximum Gasteiger partial charge on any atom is 0.209 e. The van der Waals surface area contributed by atoms with Crippen LogP contribution >= 0.6 is 0 Å². The smallest absolute Gasteiger partial charge is 0.209 e. The van der Waals surface area contributed by atoms with Crippen LogP contribution < -0.4 is 0 Å². The number of rotatable bonds is 7. The first-order chi connectivity index (χ1) is 7.24. The summed E-state index contributed by atoms with van der Waals surface area (Å²) in [6.45, 7) is 13.9. The second-order valence-corrected chi connectivity index (χ2v) is 5.12. The van der Waals surface area contributed by atoms with E-state index in [1.54, 1.807) is 0 Å². The standard InChI is InChI=1S/C12H26N2O2/c1-8-11(5,6)15-16-12(7,9-2)14-13-10(3)4/h10H,8-9H2,1-7H3. The van der Waals surface area contributed by atoms with Crippen molar-refractivity contribution in [2.24, 2.45) is 10.2 Å². The predicted molar refractivity (Wildman–Crippen MR) is 65.2 cm³/mol. The molecule has 0 saturated heterocycles. The van der Waals surface area contributed by atoms with Crippen LogP contribution in [0.15, 0.2) is 10.2 Å². The van der Waals surface area contributed by atoms with Gasteiger partial charge in [-0.15, -0.1) is 0 Å². The highest BCUT2D eigenvalue weighted by Gasteiger charge is 2.28. The zero-order valence-corrected chi connectivity index (χ0v) is 11.7. The third kappa shape index (κ3) is 6.18. The Kier molecular flexibility index (Phi) is 6.11. The first-order valence-electron chi connectivity index (χ1n) is 6.03. The molecule has 0 N–H and O–H groups in total. The van der Waals surface area contributed by atoms with Crippen molar-refractivity contribution >= 4 is 0 Å². The van der Waals surface area contributed by atoms with Gasteiger partial charge < -0.3 is 0 Å². The largest absolute Gasteiger partial charge is 0.228 e. The van der Waals surface area contributed by atoms with E-state index >= 15 is 0 Å². The lowest BCUT2D eigenvalue weighted by Crippen LogP contribution is -2.32. The molecule has 0 fully saturated rings. The third-order valence-electron chi connectivity index (χ3n) is 2.45. The predicted octanol–water partition coefficient (Wildman–Crippen LogP) is 4.11. The molecule has 1 unspecified atom stereocenters. The van der Waals surface area contributed by atoms with E-state index in [1.165, 1.54) is 0 Å². The van der Waals surface area contributed by atoms with E-state index < -0.39 is 5.72 Å². The lowest BCUT2D eigenvalue weighted by atomic mass is 10.1. The molecule has 0 aromatic rings. The zero-order valence-electron chi connectivity index (χ0n) is 11.7. The minimum Gasteiger partial charge on any atom is -0.228 e. The van der Waals surface area contributed by atoms with Crippen LogP contribution in [0.3, 0.4) is 0 Å². The number of hydrogen-bond acceptors (Lipinski definition) is 4. The molecule has 0 aromatic heterocycles. The molecule has 4 nitrogen and oxygen atoms in total. The van der Waals surface area contributed by atoms with E-state index in [1.807, 2.05) is 41.5 Å². The van der Waals surface area contributed by atoms with Crippen LogP contribution in [-0.4, -0.2) is 17.4 Å². The van der Waals surface area contributed by atoms with Crippen molar-refractivity contribution < 1.29 is 9.78 Å². The minimum atomic E-state index is -0.684. The maximum atomic E-state index is 5.42. The van der Waals surface area contributed by atoms with Gasteiger partial charge in [-0.25, -0.2) is 9.78 Å². The Balaban J connectivity index is 4.38. The van der Waals surface area contributed by atoms with Gasteiger partial charge in [0.1, 0.15) is 0 Å². The van der Waals surface area contributed by atoms with Crippen molar-refractivity contribution in [1.82, 2.24) is 0 Å². The van der Waals surface area contributed by atoms with Crippen molar-refractivity contribution in [2.45, 2.75) is 78.7 Å². The molecule has 0 bridgehead atoms. The van der Waals surface area contributed by atoms with Crippen molar-refractivity contribution in [2.75, 3.05) is 0 Å². The normalized spacial score (nSPS) is 17.0. The molecule has 0 radical (unpaired) electrons. The summed E-state index contributed by atoms with van der Waals surface area (Å²) in [5, 5.41) is 8.30. The van der Waals surface area contributed by atoms with Crippen molar-refractivity contribution in [3.8, 4) is 0 Å². The summed E-state index contributed by atoms with van der Waals surface area (Å²) in [6, 6.07) is 0.175. The molecule has 96 valence electrons. The van der Waals surface area contributed by atoms with Crippen LogP contribution in [-0.2, 0) is 9.78 Å². The van der Waals surface area contributed by atoms with Crippen molar-refractivity contribution in [3.05, 3.63) is 0 Å². The third-order valence-corrected chi connectivity index (χ3v) is 2.45. The van der Waals surface area contributed by atoms with Gasteiger partial charge in [-0.05, 0) is 47.5 Å². The fourth-order valence-electron chi connectivity index (χ4n) is 0.645. The van der Waals surface area contributed by atoms with Gasteiger partial charge in [-0.1, -0.05) is 13.8 Å². The molecule has 0 aromatic carbocycles. The summed E-state index contributed by atoms with van der Waals surface area (Å²) in [5.41, 5.74) is -0.972. The van der Waals surface area contributed by atoms with E-state index in [9.17, 15) is 0 Å². The van der Waals surface area contributed by atoms with Crippen LogP contribution in [0.2, 0.25) is 0 Å². The van der Waals surface area contributed by atoms with E-state index in [2.05, 4.69) is 17.2 Å². The molecular formula is C12H26N2O2. The quantitative estimate of drug-likeness (QED) is 0.375. The van der Waals surface area contributed by atoms with Crippen LogP contribution in [0, 0.1) is 0 Å². The zero-order chi connectivity index (χ0) is 12.8. The van der Waals surface area contributed by atoms with Gasteiger partial charge in [0.25, 0.3) is 0 Å². The summed E-state index contributed by atoms with van der Waals surface area (Å²) < 4.78 is 0. The van der Waals surface area contributed by atoms with Crippen LogP contribution in [0.1, 0.15) is 61.3 Å². The van der Waals surface area contributed by atoms with Crippen molar-refractivity contribution in [3.63, 3.8) is 0 Å². The molecule has 0 spiro atoms. The second-order valence-electron chi connectivity index (χ2n) is 5.12. The summed E-state index contributed by atoms with van der Waals surface area (Å²) in [6.07, 6.45) is 1.61. The molecule has 0 rings (SSSR count). The van der Waals surface area contributed by atoms with Gasteiger partial charge in [0.2, 0.25) is 5.72 Å². The molecular weight excluding hydrogens is 204 g/mol. The van der Waals surface area contributed by atoms with Gasteiger partial charge in [-0.2, -0.15) is 10.2 Å². The first kappa shape index (κ1) is 15.5. The summed E-state index contributed by atoms with van der Waals surface area (Å²) in [7, 11) is 0. The summed E-state index contributed by atoms with van der Waals surface area (Å²) in [5.74, 6) is 0. The number of hydrogen-bond donors (Lipinski definition) is 0. The van der Waals surface area contributed by atoms with Crippen LogP contribution in [0.5, 0.6) is 0 Å². The average Bonchev–Trinajstić information content (AvgIpc) is 2.24. The summed E-state index contributed by atoms with van der Waals surface area (Å²) >= 11 is 0. The highest BCUT2D eigenvalue weighted by Crippen LogP contribution is 2.23. The Morgan fingerprint density at radius 3 is 1.94 bits per heavy atom. The van der Waals surface area contributed by atoms with Gasteiger partial charge in [0, 0.05) is 0 Å². The van der Waals surface area contributed by atoms with Crippen LogP contribution in [0.4, 0.5) is 0 Å². The fraction of sp³-hybridized carbons (Fsp3) is 1.00. The number of azo groups is 1. The van der Waals surface area contributed by atoms with E-state index in [-0.39, 0.29) is 11.6 Å².